The number of imidazole rings is 1. The van der Waals surface area contributed by atoms with Crippen molar-refractivity contribution in [2.45, 2.75) is 38.4 Å². The number of likely N-dealkylation sites (tertiary alicyclic amines) is 1. The predicted octanol–water partition coefficient (Wildman–Crippen LogP) is 0.221. The van der Waals surface area contributed by atoms with Crippen LogP contribution < -0.4 is 5.73 Å². The van der Waals surface area contributed by atoms with Gasteiger partial charge in [0.25, 0.3) is 0 Å². The second kappa shape index (κ2) is 4.65. The Balaban J connectivity index is 1.98. The number of hydrogen-bond donors (Lipinski definition) is 1. The van der Waals surface area contributed by atoms with Gasteiger partial charge in [-0.05, 0) is 19.8 Å². The molecule has 2 atom stereocenters. The molecule has 1 saturated heterocycles. The molecular formula is C11H18N4O. The molecule has 2 heterocycles. The Bertz CT molecular complexity index is 349. The molecule has 1 aromatic heterocycles. The van der Waals surface area contributed by atoms with Gasteiger partial charge in [-0.3, -0.25) is 4.79 Å². The summed E-state index contributed by atoms with van der Waals surface area (Å²) in [6, 6.07) is -0.132. The molecule has 0 aliphatic carbocycles. The van der Waals surface area contributed by atoms with Gasteiger partial charge in [0.1, 0.15) is 0 Å². The third kappa shape index (κ3) is 2.24. The maximum Gasteiger partial charge on any atom is 0.239 e. The number of piperidine rings is 1. The number of nitrogens with zero attached hydrogens (tertiary/aromatic N) is 3. The topological polar surface area (TPSA) is 64.2 Å². The van der Waals surface area contributed by atoms with E-state index in [9.17, 15) is 4.79 Å². The van der Waals surface area contributed by atoms with Crippen LogP contribution in [0.25, 0.3) is 0 Å². The highest BCUT2D eigenvalue weighted by Crippen LogP contribution is 2.14. The number of carbonyl (C=O) groups excluding carboxylic acids is 1. The van der Waals surface area contributed by atoms with Crippen LogP contribution in [0.3, 0.4) is 0 Å². The average molecular weight is 222 g/mol. The van der Waals surface area contributed by atoms with E-state index in [0.717, 1.165) is 25.9 Å². The highest BCUT2D eigenvalue weighted by Gasteiger charge is 2.28. The van der Waals surface area contributed by atoms with Crippen molar-refractivity contribution >= 4 is 5.91 Å². The number of rotatable bonds is 3. The monoisotopic (exact) mass is 222 g/mol. The molecular weight excluding hydrogens is 204 g/mol. The van der Waals surface area contributed by atoms with Crippen molar-refractivity contribution in [3.8, 4) is 0 Å². The minimum absolute atomic E-state index is 0.0823. The van der Waals surface area contributed by atoms with Gasteiger partial charge in [-0.15, -0.1) is 0 Å². The smallest absolute Gasteiger partial charge is 0.239 e. The van der Waals surface area contributed by atoms with Crippen LogP contribution in [-0.4, -0.2) is 39.0 Å². The van der Waals surface area contributed by atoms with Gasteiger partial charge in [0.05, 0.1) is 12.4 Å². The largest absolute Gasteiger partial charge is 0.337 e. The van der Waals surface area contributed by atoms with Crippen molar-refractivity contribution in [2.75, 3.05) is 6.54 Å². The summed E-state index contributed by atoms with van der Waals surface area (Å²) in [6.45, 7) is 3.65. The molecule has 0 saturated carbocycles. The van der Waals surface area contributed by atoms with E-state index >= 15 is 0 Å². The summed E-state index contributed by atoms with van der Waals surface area (Å²) in [6.07, 6.45) is 7.24. The van der Waals surface area contributed by atoms with Crippen LogP contribution in [0, 0.1) is 0 Å². The maximum atomic E-state index is 11.9. The summed E-state index contributed by atoms with van der Waals surface area (Å²) in [5, 5.41) is 0. The second-order valence-electron chi connectivity index (χ2n) is 4.39. The summed E-state index contributed by atoms with van der Waals surface area (Å²) in [7, 11) is 0. The Morgan fingerprint density at radius 3 is 3.19 bits per heavy atom. The molecule has 5 heteroatoms. The normalized spacial score (nSPS) is 23.5. The molecule has 2 unspecified atom stereocenters. The lowest BCUT2D eigenvalue weighted by Crippen LogP contribution is -2.52. The molecule has 0 radical (unpaired) electrons. The molecule has 1 fully saturated rings. The zero-order chi connectivity index (χ0) is 11.5. The van der Waals surface area contributed by atoms with Crippen molar-refractivity contribution in [3.63, 3.8) is 0 Å². The third-order valence-electron chi connectivity index (χ3n) is 3.08. The van der Waals surface area contributed by atoms with Crippen molar-refractivity contribution in [2.24, 2.45) is 5.73 Å². The van der Waals surface area contributed by atoms with Crippen LogP contribution in [-0.2, 0) is 11.3 Å². The Morgan fingerprint density at radius 2 is 2.50 bits per heavy atom. The Hall–Kier alpha value is -1.36. The maximum absolute atomic E-state index is 11.9. The fourth-order valence-corrected chi connectivity index (χ4v) is 2.16. The lowest BCUT2D eigenvalue weighted by molar-refractivity contribution is -0.137. The van der Waals surface area contributed by atoms with E-state index in [2.05, 4.69) is 11.9 Å². The van der Waals surface area contributed by atoms with E-state index in [1.54, 1.807) is 12.5 Å². The van der Waals surface area contributed by atoms with Gasteiger partial charge >= 0.3 is 0 Å². The van der Waals surface area contributed by atoms with Gasteiger partial charge < -0.3 is 15.2 Å². The number of carbonyl (C=O) groups is 1. The van der Waals surface area contributed by atoms with Crippen LogP contribution in [0.15, 0.2) is 18.7 Å². The van der Waals surface area contributed by atoms with Gasteiger partial charge in [0.2, 0.25) is 5.91 Å². The van der Waals surface area contributed by atoms with Gasteiger partial charge in [-0.25, -0.2) is 4.98 Å². The standard InChI is InChI=1S/C11H18N4O/c1-9(7-14-6-4-13-8-14)15-5-2-3-10(12)11(15)16/h4,6,8-10H,2-3,5,7,12H2,1H3. The fourth-order valence-electron chi connectivity index (χ4n) is 2.16. The number of amides is 1. The molecule has 5 nitrogen and oxygen atoms in total. The SMILES string of the molecule is CC(Cn1ccnc1)N1CCCC(N)C1=O. The zero-order valence-electron chi connectivity index (χ0n) is 9.54. The molecule has 1 aromatic rings. The van der Waals surface area contributed by atoms with Crippen LogP contribution in [0.4, 0.5) is 0 Å². The molecule has 1 amide bonds. The van der Waals surface area contributed by atoms with Gasteiger partial charge in [-0.2, -0.15) is 0 Å². The molecule has 1 aliphatic rings. The van der Waals surface area contributed by atoms with Gasteiger partial charge in [0.15, 0.2) is 0 Å². The molecule has 88 valence electrons. The van der Waals surface area contributed by atoms with E-state index in [0.29, 0.717) is 0 Å². The lowest BCUT2D eigenvalue weighted by atomic mass is 10.0. The van der Waals surface area contributed by atoms with Crippen LogP contribution >= 0.6 is 0 Å². The minimum Gasteiger partial charge on any atom is -0.337 e. The Morgan fingerprint density at radius 1 is 1.69 bits per heavy atom. The average Bonchev–Trinajstić information content (AvgIpc) is 2.74. The first kappa shape index (κ1) is 11.1. The molecule has 0 spiro atoms. The third-order valence-corrected chi connectivity index (χ3v) is 3.08. The summed E-state index contributed by atoms with van der Waals surface area (Å²) in [5.41, 5.74) is 5.77. The predicted molar refractivity (Wildman–Crippen MR) is 60.6 cm³/mol. The number of aromatic nitrogens is 2. The lowest BCUT2D eigenvalue weighted by Gasteiger charge is -2.35. The molecule has 1 aliphatic heterocycles. The number of nitrogens with two attached hydrogens (primary N) is 1. The highest BCUT2D eigenvalue weighted by molar-refractivity contribution is 5.82. The van der Waals surface area contributed by atoms with Crippen molar-refractivity contribution in [1.29, 1.82) is 0 Å². The van der Waals surface area contributed by atoms with Gasteiger partial charge in [-0.1, -0.05) is 0 Å². The first-order valence-electron chi connectivity index (χ1n) is 5.70. The zero-order valence-corrected chi connectivity index (χ0v) is 9.54. The highest BCUT2D eigenvalue weighted by atomic mass is 16.2. The van der Waals surface area contributed by atoms with Crippen molar-refractivity contribution in [3.05, 3.63) is 18.7 Å². The van der Waals surface area contributed by atoms with E-state index in [1.165, 1.54) is 0 Å². The van der Waals surface area contributed by atoms with E-state index in [4.69, 9.17) is 5.73 Å². The van der Waals surface area contributed by atoms with Crippen LogP contribution in [0.1, 0.15) is 19.8 Å². The quantitative estimate of drug-likeness (QED) is 0.795. The molecule has 0 aromatic carbocycles. The summed E-state index contributed by atoms with van der Waals surface area (Å²) >= 11 is 0. The first-order valence-corrected chi connectivity index (χ1v) is 5.70. The number of hydrogen-bond acceptors (Lipinski definition) is 3. The van der Waals surface area contributed by atoms with E-state index in [-0.39, 0.29) is 18.0 Å². The molecule has 2 rings (SSSR count). The Labute approximate surface area is 95.2 Å². The van der Waals surface area contributed by atoms with E-state index < -0.39 is 0 Å². The molecule has 2 N–H and O–H groups in total. The molecule has 16 heavy (non-hydrogen) atoms. The van der Waals surface area contributed by atoms with Crippen molar-refractivity contribution < 1.29 is 4.79 Å². The van der Waals surface area contributed by atoms with Crippen LogP contribution in [0.5, 0.6) is 0 Å². The summed E-state index contributed by atoms with van der Waals surface area (Å²) in [4.78, 5) is 17.7. The molecule has 0 bridgehead atoms. The fraction of sp³-hybridized carbons (Fsp3) is 0.636. The minimum atomic E-state index is -0.306. The van der Waals surface area contributed by atoms with Gasteiger partial charge in [0, 0.05) is 31.5 Å². The Kier molecular flexibility index (Phi) is 3.24. The summed E-state index contributed by atoms with van der Waals surface area (Å²) < 4.78 is 1.98. The summed E-state index contributed by atoms with van der Waals surface area (Å²) in [5.74, 6) is 0.0823. The van der Waals surface area contributed by atoms with Crippen molar-refractivity contribution in [1.82, 2.24) is 14.5 Å². The second-order valence-corrected chi connectivity index (χ2v) is 4.39. The van der Waals surface area contributed by atoms with Crippen LogP contribution in [0.2, 0.25) is 0 Å². The van der Waals surface area contributed by atoms with E-state index in [1.807, 2.05) is 15.7 Å². The first-order chi connectivity index (χ1) is 7.68.